The monoisotopic (exact) mass is 492 g/mol. The molecule has 1 heterocycles. The molecule has 1 aromatic heterocycles. The van der Waals surface area contributed by atoms with E-state index in [1.165, 1.54) is 29.1 Å². The van der Waals surface area contributed by atoms with Gasteiger partial charge in [-0.1, -0.05) is 11.6 Å². The van der Waals surface area contributed by atoms with E-state index in [2.05, 4.69) is 4.40 Å². The van der Waals surface area contributed by atoms with Crippen molar-refractivity contribution < 1.29 is 22.9 Å². The number of rotatable bonds is 7. The van der Waals surface area contributed by atoms with Crippen LogP contribution in [-0.4, -0.2) is 51.0 Å². The van der Waals surface area contributed by atoms with Crippen molar-refractivity contribution in [3.05, 3.63) is 52.8 Å². The first-order valence-corrected chi connectivity index (χ1v) is 11.7. The van der Waals surface area contributed by atoms with E-state index < -0.39 is 21.6 Å². The number of allylic oxidation sites excluding steroid dienone is 1. The summed E-state index contributed by atoms with van der Waals surface area (Å²) in [4.78, 5) is 12.7. The minimum absolute atomic E-state index is 0.108. The maximum Gasteiger partial charge on any atom is 0.371 e. The van der Waals surface area contributed by atoms with Gasteiger partial charge in [-0.15, -0.1) is 11.8 Å². The minimum atomic E-state index is -4.43. The van der Waals surface area contributed by atoms with Crippen LogP contribution in [0, 0.1) is 23.7 Å². The van der Waals surface area contributed by atoms with Crippen molar-refractivity contribution in [3.8, 4) is 6.07 Å². The largest absolute Gasteiger partial charge is 0.481 e. The quantitative estimate of drug-likeness (QED) is 0.199. The molecule has 0 aliphatic carbocycles. The highest BCUT2D eigenvalue weighted by Gasteiger charge is 2.30. The molecule has 0 spiro atoms. The number of hydrogen-bond acceptors (Lipinski definition) is 7. The molecule has 9 nitrogen and oxygen atoms in total. The van der Waals surface area contributed by atoms with E-state index in [4.69, 9.17) is 22.1 Å². The lowest BCUT2D eigenvalue weighted by Gasteiger charge is -2.11. The Bertz CT molecular complexity index is 1280. The summed E-state index contributed by atoms with van der Waals surface area (Å²) < 4.78 is 31.6. The van der Waals surface area contributed by atoms with Crippen LogP contribution in [0.2, 0.25) is 5.02 Å². The molecule has 0 amide bonds. The zero-order chi connectivity index (χ0) is 24.1. The van der Waals surface area contributed by atoms with Crippen LogP contribution < -0.4 is 9.47 Å². The fraction of sp³-hybridized carbons (Fsp3) is 0.200. The zero-order valence-corrected chi connectivity index (χ0v) is 19.7. The molecule has 32 heavy (non-hydrogen) atoms. The summed E-state index contributed by atoms with van der Waals surface area (Å²) in [5, 5.41) is 26.0. The number of thioether (sulfide) groups is 1. The minimum Gasteiger partial charge on any atom is -0.481 e. The van der Waals surface area contributed by atoms with Crippen LogP contribution in [0.4, 0.5) is 5.69 Å². The molecular formula is C20H19ClN5O4S2+. The Hall–Kier alpha value is -3.16. The van der Waals surface area contributed by atoms with Crippen LogP contribution in [0.25, 0.3) is 0 Å². The molecule has 0 aliphatic heterocycles. The highest BCUT2D eigenvalue weighted by atomic mass is 35.5. The molecule has 2 N–H and O–H groups in total. The van der Waals surface area contributed by atoms with Crippen LogP contribution in [0.5, 0.6) is 0 Å². The van der Waals surface area contributed by atoms with Gasteiger partial charge in [0, 0.05) is 47.7 Å². The fourth-order valence-electron chi connectivity index (χ4n) is 2.47. The van der Waals surface area contributed by atoms with Crippen molar-refractivity contribution in [1.82, 2.24) is 0 Å². The number of nitrogens with zero attached hydrogens (tertiary/aromatic N) is 4. The van der Waals surface area contributed by atoms with Crippen molar-refractivity contribution in [3.63, 3.8) is 0 Å². The summed E-state index contributed by atoms with van der Waals surface area (Å²) in [5.41, 5.74) is 0.871. The number of carboxylic acids is 1. The predicted octanol–water partition coefficient (Wildman–Crippen LogP) is 2.51. The van der Waals surface area contributed by atoms with Gasteiger partial charge < -0.3 is 10.0 Å². The Balaban J connectivity index is 2.71. The van der Waals surface area contributed by atoms with Gasteiger partial charge in [0.1, 0.15) is 11.0 Å². The summed E-state index contributed by atoms with van der Waals surface area (Å²) in [6.07, 6.45) is 3.01. The normalized spacial score (nSPS) is 11.4. The van der Waals surface area contributed by atoms with Gasteiger partial charge in [0.15, 0.2) is 0 Å². The topological polar surface area (TPSA) is 139 Å². The summed E-state index contributed by atoms with van der Waals surface area (Å²) >= 11 is 6.89. The fourth-order valence-corrected chi connectivity index (χ4v) is 5.02. The van der Waals surface area contributed by atoms with Gasteiger partial charge in [-0.25, -0.2) is 4.57 Å². The molecule has 0 radical (unpaired) electrons. The lowest BCUT2D eigenvalue weighted by Crippen LogP contribution is -2.44. The van der Waals surface area contributed by atoms with Gasteiger partial charge in [0.25, 0.3) is 0 Å². The Kier molecular flexibility index (Phi) is 8.19. The second-order valence-corrected chi connectivity index (χ2v) is 9.59. The van der Waals surface area contributed by atoms with Gasteiger partial charge >= 0.3 is 21.8 Å². The molecule has 0 saturated carbocycles. The molecule has 166 valence electrons. The molecule has 0 bridgehead atoms. The summed E-state index contributed by atoms with van der Waals surface area (Å²) in [5.74, 6) is 0.0714. The SMILES string of the molecule is Cc1cc(S(=O)(=O)/N=C(/C(=C=N)C#N)[n+]2ccc(N(C)C)cc2)c(SCC(=O)O)cc1Cl. The second-order valence-electron chi connectivity index (χ2n) is 6.59. The first-order chi connectivity index (χ1) is 15.0. The summed E-state index contributed by atoms with van der Waals surface area (Å²) in [7, 11) is -0.768. The number of halogens is 1. The molecule has 0 aliphatic rings. The first kappa shape index (κ1) is 25.1. The molecule has 0 saturated heterocycles. The maximum absolute atomic E-state index is 13.2. The predicted molar refractivity (Wildman–Crippen MR) is 122 cm³/mol. The van der Waals surface area contributed by atoms with Crippen molar-refractivity contribution in [2.24, 2.45) is 4.40 Å². The number of hydrogen-bond donors (Lipinski definition) is 2. The van der Waals surface area contributed by atoms with Crippen LogP contribution >= 0.6 is 23.4 Å². The molecular weight excluding hydrogens is 474 g/mol. The average Bonchev–Trinajstić information content (AvgIpc) is 2.74. The maximum atomic E-state index is 13.2. The molecule has 0 unspecified atom stereocenters. The Morgan fingerprint density at radius 3 is 2.47 bits per heavy atom. The molecule has 2 aromatic rings. The van der Waals surface area contributed by atoms with E-state index in [-0.39, 0.29) is 26.4 Å². The van der Waals surface area contributed by atoms with Crippen molar-refractivity contribution in [2.75, 3.05) is 24.7 Å². The van der Waals surface area contributed by atoms with Crippen molar-refractivity contribution in [2.45, 2.75) is 16.7 Å². The van der Waals surface area contributed by atoms with E-state index in [1.54, 1.807) is 25.1 Å². The number of anilines is 1. The first-order valence-electron chi connectivity index (χ1n) is 8.89. The number of aliphatic carboxylic acids is 1. The van der Waals surface area contributed by atoms with E-state index in [9.17, 15) is 18.5 Å². The average molecular weight is 493 g/mol. The standard InChI is InChI=1S/C20H18ClN5O4S2/c1-13-8-18(17(9-16(13)21)31-12-19(27)28)32(29,30)24-20(14(10-22)11-23)26-6-4-15(5-7-26)25(2)3/h4-9,22H,12H2,1-3H3/p+1/b24-20-. The number of sulfonamides is 1. The van der Waals surface area contributed by atoms with Crippen molar-refractivity contribution in [1.29, 1.82) is 10.7 Å². The smallest absolute Gasteiger partial charge is 0.371 e. The molecule has 1 aromatic carbocycles. The van der Waals surface area contributed by atoms with E-state index in [0.29, 0.717) is 5.56 Å². The lowest BCUT2D eigenvalue weighted by atomic mass is 10.2. The number of pyridine rings is 1. The van der Waals surface area contributed by atoms with E-state index >= 15 is 0 Å². The number of aryl methyl sites for hydroxylation is 1. The highest BCUT2D eigenvalue weighted by molar-refractivity contribution is 8.00. The van der Waals surface area contributed by atoms with Crippen LogP contribution in [-0.2, 0) is 14.8 Å². The molecule has 2 rings (SSSR count). The third-order valence-corrected chi connectivity index (χ3v) is 6.98. The van der Waals surface area contributed by atoms with Crippen LogP contribution in [0.3, 0.4) is 0 Å². The Morgan fingerprint density at radius 1 is 1.34 bits per heavy atom. The Labute approximate surface area is 194 Å². The summed E-state index contributed by atoms with van der Waals surface area (Å²) in [6, 6.07) is 7.75. The lowest BCUT2D eigenvalue weighted by molar-refractivity contribution is -0.554. The van der Waals surface area contributed by atoms with Crippen LogP contribution in [0.1, 0.15) is 5.56 Å². The third-order valence-electron chi connectivity index (χ3n) is 4.09. The highest BCUT2D eigenvalue weighted by Crippen LogP contribution is 2.33. The molecule has 0 atom stereocenters. The number of nitrogens with one attached hydrogen (secondary N) is 1. The van der Waals surface area contributed by atoms with E-state index in [1.807, 2.05) is 24.9 Å². The number of carboxylic acid groups (broad SMARTS) is 1. The second kappa shape index (κ2) is 10.4. The third kappa shape index (κ3) is 5.96. The van der Waals surface area contributed by atoms with E-state index in [0.717, 1.165) is 17.4 Å². The van der Waals surface area contributed by atoms with Gasteiger partial charge in [-0.3, -0.25) is 10.2 Å². The summed E-state index contributed by atoms with van der Waals surface area (Å²) in [6.45, 7) is 1.60. The number of aromatic nitrogens is 1. The molecule has 12 heteroatoms. The number of benzene rings is 1. The number of nitriles is 1. The van der Waals surface area contributed by atoms with Gasteiger partial charge in [-0.05, 0) is 24.6 Å². The van der Waals surface area contributed by atoms with Crippen LogP contribution in [0.15, 0.2) is 56.4 Å². The zero-order valence-electron chi connectivity index (χ0n) is 17.3. The number of carbonyl (C=O) groups is 1. The van der Waals surface area contributed by atoms with Gasteiger partial charge in [0.05, 0.1) is 22.5 Å². The Morgan fingerprint density at radius 2 is 1.97 bits per heavy atom. The van der Waals surface area contributed by atoms with Crippen molar-refractivity contribution >= 4 is 56.7 Å². The van der Waals surface area contributed by atoms with Gasteiger partial charge in [-0.2, -0.15) is 13.7 Å². The molecule has 0 fully saturated rings. The van der Waals surface area contributed by atoms with Gasteiger partial charge in [0.2, 0.25) is 5.57 Å².